The molecule has 0 aliphatic heterocycles. The summed E-state index contributed by atoms with van der Waals surface area (Å²) >= 11 is 3.17. The van der Waals surface area contributed by atoms with Crippen LogP contribution in [0.5, 0.6) is 0 Å². The molecule has 16 heavy (non-hydrogen) atoms. The fraction of sp³-hybridized carbons (Fsp3) is 0.417. The van der Waals surface area contributed by atoms with Crippen molar-refractivity contribution in [1.82, 2.24) is 0 Å². The summed E-state index contributed by atoms with van der Waals surface area (Å²) in [5, 5.41) is 0. The molecule has 0 saturated carbocycles. The predicted molar refractivity (Wildman–Crippen MR) is 65.6 cm³/mol. The van der Waals surface area contributed by atoms with Gasteiger partial charge < -0.3 is 5.73 Å². The number of carbonyl (C=O) groups excluding carboxylic acids is 1. The molecule has 2 nitrogen and oxygen atoms in total. The first-order chi connectivity index (χ1) is 7.36. The van der Waals surface area contributed by atoms with E-state index in [1.54, 1.807) is 26.0 Å². The molecule has 0 fully saturated rings. The fourth-order valence-electron chi connectivity index (χ4n) is 1.19. The molecule has 2 N–H and O–H groups in total. The molecule has 0 unspecified atom stereocenters. The summed E-state index contributed by atoms with van der Waals surface area (Å²) in [6.45, 7) is 3.81. The van der Waals surface area contributed by atoms with Crippen LogP contribution in [0.2, 0.25) is 0 Å². The summed E-state index contributed by atoms with van der Waals surface area (Å²) in [4.78, 5) is 11.8. The van der Waals surface area contributed by atoms with Crippen LogP contribution in [0.15, 0.2) is 22.7 Å². The van der Waals surface area contributed by atoms with Gasteiger partial charge in [0, 0.05) is 22.9 Å². The van der Waals surface area contributed by atoms with E-state index in [0.29, 0.717) is 10.0 Å². The molecule has 88 valence electrons. The average molecular weight is 288 g/mol. The van der Waals surface area contributed by atoms with Crippen LogP contribution in [-0.4, -0.2) is 12.3 Å². The van der Waals surface area contributed by atoms with Crippen LogP contribution in [0.4, 0.5) is 4.39 Å². The van der Waals surface area contributed by atoms with Crippen LogP contribution in [0.25, 0.3) is 0 Å². The quantitative estimate of drug-likeness (QED) is 0.925. The number of carbonyl (C=O) groups is 1. The molecular weight excluding hydrogens is 273 g/mol. The van der Waals surface area contributed by atoms with Gasteiger partial charge in [0.1, 0.15) is 11.6 Å². The maximum atomic E-state index is 13.5. The van der Waals surface area contributed by atoms with E-state index in [-0.39, 0.29) is 24.6 Å². The van der Waals surface area contributed by atoms with Crippen LogP contribution in [0.1, 0.15) is 19.4 Å². The maximum absolute atomic E-state index is 13.5. The van der Waals surface area contributed by atoms with E-state index in [1.165, 1.54) is 6.07 Å². The second-order valence-corrected chi connectivity index (χ2v) is 5.34. The normalized spacial score (nSPS) is 11.6. The lowest BCUT2D eigenvalue weighted by atomic mass is 9.85. The molecule has 0 spiro atoms. The van der Waals surface area contributed by atoms with Crippen molar-refractivity contribution in [1.29, 1.82) is 0 Å². The van der Waals surface area contributed by atoms with Crippen molar-refractivity contribution in [2.75, 3.05) is 6.54 Å². The summed E-state index contributed by atoms with van der Waals surface area (Å²) in [5.41, 5.74) is 5.32. The molecule has 0 amide bonds. The first-order valence-electron chi connectivity index (χ1n) is 5.04. The van der Waals surface area contributed by atoms with Gasteiger partial charge in [-0.2, -0.15) is 0 Å². The van der Waals surface area contributed by atoms with Crippen molar-refractivity contribution in [3.63, 3.8) is 0 Å². The molecule has 0 bridgehead atoms. The molecule has 1 aromatic carbocycles. The highest BCUT2D eigenvalue weighted by Gasteiger charge is 2.26. The third kappa shape index (κ3) is 3.12. The number of rotatable bonds is 4. The second kappa shape index (κ2) is 5.06. The number of hydrogen-bond acceptors (Lipinski definition) is 2. The summed E-state index contributed by atoms with van der Waals surface area (Å²) in [7, 11) is 0. The van der Waals surface area contributed by atoms with Gasteiger partial charge >= 0.3 is 0 Å². The topological polar surface area (TPSA) is 43.1 Å². The van der Waals surface area contributed by atoms with E-state index in [9.17, 15) is 9.18 Å². The predicted octanol–water partition coefficient (Wildman–Crippen LogP) is 2.68. The van der Waals surface area contributed by atoms with Crippen LogP contribution in [0.3, 0.4) is 0 Å². The number of hydrogen-bond donors (Lipinski definition) is 1. The molecular formula is C12H15BrFNO. The molecule has 0 heterocycles. The Kier molecular flexibility index (Phi) is 4.21. The molecule has 0 aliphatic carbocycles. The van der Waals surface area contributed by atoms with Crippen LogP contribution < -0.4 is 5.73 Å². The summed E-state index contributed by atoms with van der Waals surface area (Å²) in [6, 6.07) is 4.70. The SMILES string of the molecule is CC(C)(CN)C(=O)Cc1ccc(Br)cc1F. The minimum Gasteiger partial charge on any atom is -0.329 e. The Bertz CT molecular complexity index is 404. The number of nitrogens with two attached hydrogens (primary N) is 1. The Labute approximate surface area is 103 Å². The van der Waals surface area contributed by atoms with Crippen molar-refractivity contribution in [3.05, 3.63) is 34.1 Å². The minimum absolute atomic E-state index is 0.0452. The average Bonchev–Trinajstić information content (AvgIpc) is 2.22. The van der Waals surface area contributed by atoms with E-state index >= 15 is 0 Å². The summed E-state index contributed by atoms with van der Waals surface area (Å²) in [6.07, 6.45) is 0.0866. The van der Waals surface area contributed by atoms with Crippen molar-refractivity contribution in [2.24, 2.45) is 11.1 Å². The van der Waals surface area contributed by atoms with Gasteiger partial charge in [0.15, 0.2) is 0 Å². The number of halogens is 2. The first kappa shape index (κ1) is 13.3. The van der Waals surface area contributed by atoms with Crippen molar-refractivity contribution >= 4 is 21.7 Å². The van der Waals surface area contributed by atoms with Gasteiger partial charge in [0.25, 0.3) is 0 Å². The van der Waals surface area contributed by atoms with Crippen LogP contribution >= 0.6 is 15.9 Å². The molecule has 0 aromatic heterocycles. The van der Waals surface area contributed by atoms with E-state index in [0.717, 1.165) is 0 Å². The highest BCUT2D eigenvalue weighted by atomic mass is 79.9. The first-order valence-corrected chi connectivity index (χ1v) is 5.83. The molecule has 0 aliphatic rings. The standard InChI is InChI=1S/C12H15BrFNO/c1-12(2,7-15)11(16)5-8-3-4-9(13)6-10(8)14/h3-4,6H,5,7,15H2,1-2H3. The Hall–Kier alpha value is -0.740. The van der Waals surface area contributed by atoms with Gasteiger partial charge in [-0.25, -0.2) is 4.39 Å². The Morgan fingerprint density at radius 2 is 2.12 bits per heavy atom. The highest BCUT2D eigenvalue weighted by molar-refractivity contribution is 9.10. The second-order valence-electron chi connectivity index (χ2n) is 4.42. The number of benzene rings is 1. The smallest absolute Gasteiger partial charge is 0.144 e. The van der Waals surface area contributed by atoms with Crippen molar-refractivity contribution in [3.8, 4) is 0 Å². The van der Waals surface area contributed by atoms with Crippen LogP contribution in [-0.2, 0) is 11.2 Å². The van der Waals surface area contributed by atoms with E-state index < -0.39 is 5.41 Å². The Balaban J connectivity index is 2.85. The largest absolute Gasteiger partial charge is 0.329 e. The monoisotopic (exact) mass is 287 g/mol. The lowest BCUT2D eigenvalue weighted by Gasteiger charge is -2.20. The number of ketones is 1. The molecule has 4 heteroatoms. The summed E-state index contributed by atoms with van der Waals surface area (Å²) < 4.78 is 14.2. The lowest BCUT2D eigenvalue weighted by molar-refractivity contribution is -0.126. The van der Waals surface area contributed by atoms with Crippen molar-refractivity contribution in [2.45, 2.75) is 20.3 Å². The van der Waals surface area contributed by atoms with Crippen molar-refractivity contribution < 1.29 is 9.18 Å². The zero-order chi connectivity index (χ0) is 12.3. The van der Waals surface area contributed by atoms with Gasteiger partial charge in [0.05, 0.1) is 0 Å². The van der Waals surface area contributed by atoms with Gasteiger partial charge in [-0.05, 0) is 17.7 Å². The molecule has 0 saturated heterocycles. The van der Waals surface area contributed by atoms with Crippen LogP contribution in [0, 0.1) is 11.2 Å². The van der Waals surface area contributed by atoms with Gasteiger partial charge in [-0.15, -0.1) is 0 Å². The lowest BCUT2D eigenvalue weighted by Crippen LogP contribution is -2.34. The van der Waals surface area contributed by atoms with E-state index in [1.807, 2.05) is 0 Å². The van der Waals surface area contributed by atoms with Gasteiger partial charge in [-0.3, -0.25) is 4.79 Å². The van der Waals surface area contributed by atoms with E-state index in [4.69, 9.17) is 5.73 Å². The maximum Gasteiger partial charge on any atom is 0.144 e. The third-order valence-electron chi connectivity index (χ3n) is 2.63. The Morgan fingerprint density at radius 1 is 1.50 bits per heavy atom. The number of Topliss-reactive ketones (excluding diaryl/α,β-unsaturated/α-hetero) is 1. The molecule has 1 aromatic rings. The zero-order valence-electron chi connectivity index (χ0n) is 9.39. The third-order valence-corrected chi connectivity index (χ3v) is 3.12. The highest BCUT2D eigenvalue weighted by Crippen LogP contribution is 2.21. The van der Waals surface area contributed by atoms with Gasteiger partial charge in [0.2, 0.25) is 0 Å². The zero-order valence-corrected chi connectivity index (χ0v) is 11.0. The summed E-state index contributed by atoms with van der Waals surface area (Å²) in [5.74, 6) is -0.410. The van der Waals surface area contributed by atoms with Gasteiger partial charge in [-0.1, -0.05) is 35.8 Å². The molecule has 0 radical (unpaired) electrons. The Morgan fingerprint density at radius 3 is 2.62 bits per heavy atom. The molecule has 1 rings (SSSR count). The fourth-order valence-corrected chi connectivity index (χ4v) is 1.52. The minimum atomic E-state index is -0.598. The van der Waals surface area contributed by atoms with E-state index in [2.05, 4.69) is 15.9 Å². The molecule has 0 atom stereocenters.